The maximum absolute atomic E-state index is 12.8. The van der Waals surface area contributed by atoms with Crippen molar-refractivity contribution in [3.8, 4) is 5.75 Å². The van der Waals surface area contributed by atoms with Gasteiger partial charge in [-0.3, -0.25) is 9.69 Å². The molecule has 1 amide bonds. The lowest BCUT2D eigenvalue weighted by Crippen LogP contribution is -2.31. The summed E-state index contributed by atoms with van der Waals surface area (Å²) in [5.41, 5.74) is 1.93. The molecular weight excluding hydrogens is 348 g/mol. The summed E-state index contributed by atoms with van der Waals surface area (Å²) in [4.78, 5) is 19.2. The van der Waals surface area contributed by atoms with Gasteiger partial charge in [-0.1, -0.05) is 41.7 Å². The normalized spacial score (nSPS) is 10.8. The van der Waals surface area contributed by atoms with Crippen molar-refractivity contribution in [3.05, 3.63) is 54.1 Å². The van der Waals surface area contributed by atoms with Crippen molar-refractivity contribution in [2.75, 3.05) is 25.2 Å². The van der Waals surface area contributed by atoms with Gasteiger partial charge in [0.15, 0.2) is 5.13 Å². The third-order valence-electron chi connectivity index (χ3n) is 3.96. The van der Waals surface area contributed by atoms with Gasteiger partial charge in [-0.25, -0.2) is 4.98 Å². The van der Waals surface area contributed by atoms with Crippen LogP contribution >= 0.6 is 11.3 Å². The maximum atomic E-state index is 12.8. The SMILES string of the molecule is CCOCCC(=O)N(Cc1ccccc1)c1nc2ccc(OC)cc2s1. The van der Waals surface area contributed by atoms with Crippen LogP contribution in [0.25, 0.3) is 10.2 Å². The van der Waals surface area contributed by atoms with Crippen LogP contribution in [0, 0.1) is 0 Å². The van der Waals surface area contributed by atoms with Crippen molar-refractivity contribution in [2.24, 2.45) is 0 Å². The Balaban J connectivity index is 1.89. The number of hydrogen-bond acceptors (Lipinski definition) is 5. The van der Waals surface area contributed by atoms with Crippen LogP contribution in [0.1, 0.15) is 18.9 Å². The summed E-state index contributed by atoms with van der Waals surface area (Å²) in [7, 11) is 1.64. The molecule has 0 unspecified atom stereocenters. The van der Waals surface area contributed by atoms with Crippen LogP contribution in [0.5, 0.6) is 5.75 Å². The van der Waals surface area contributed by atoms with E-state index in [2.05, 4.69) is 4.98 Å². The fourth-order valence-electron chi connectivity index (χ4n) is 2.60. The molecular formula is C20H22N2O3S. The van der Waals surface area contributed by atoms with E-state index in [9.17, 15) is 4.79 Å². The van der Waals surface area contributed by atoms with Crippen LogP contribution in [-0.2, 0) is 16.1 Å². The summed E-state index contributed by atoms with van der Waals surface area (Å²) in [5.74, 6) is 0.790. The quantitative estimate of drug-likeness (QED) is 0.556. The van der Waals surface area contributed by atoms with Gasteiger partial charge in [-0.05, 0) is 30.7 Å². The Morgan fingerprint density at radius 3 is 2.73 bits per heavy atom. The number of amides is 1. The van der Waals surface area contributed by atoms with E-state index in [0.29, 0.717) is 31.3 Å². The predicted molar refractivity (Wildman–Crippen MR) is 105 cm³/mol. The van der Waals surface area contributed by atoms with E-state index in [1.165, 1.54) is 11.3 Å². The molecule has 0 saturated carbocycles. The predicted octanol–water partition coefficient (Wildman–Crippen LogP) is 4.26. The third kappa shape index (κ3) is 4.39. The molecule has 0 atom stereocenters. The first kappa shape index (κ1) is 18.4. The summed E-state index contributed by atoms with van der Waals surface area (Å²) in [6, 6.07) is 15.7. The van der Waals surface area contributed by atoms with E-state index >= 15 is 0 Å². The number of benzene rings is 2. The van der Waals surface area contributed by atoms with Crippen molar-refractivity contribution in [1.82, 2.24) is 4.98 Å². The number of carbonyl (C=O) groups is 1. The van der Waals surface area contributed by atoms with Gasteiger partial charge in [0.25, 0.3) is 0 Å². The molecule has 0 N–H and O–H groups in total. The molecule has 0 bridgehead atoms. The van der Waals surface area contributed by atoms with E-state index in [4.69, 9.17) is 9.47 Å². The first-order chi connectivity index (χ1) is 12.7. The van der Waals surface area contributed by atoms with Crippen LogP contribution in [-0.4, -0.2) is 31.2 Å². The number of anilines is 1. The third-order valence-corrected chi connectivity index (χ3v) is 5.01. The molecule has 3 rings (SSSR count). The Kier molecular flexibility index (Phi) is 6.20. The van der Waals surface area contributed by atoms with Crippen molar-refractivity contribution < 1.29 is 14.3 Å². The molecule has 6 heteroatoms. The van der Waals surface area contributed by atoms with Gasteiger partial charge in [-0.15, -0.1) is 0 Å². The van der Waals surface area contributed by atoms with Crippen LogP contribution < -0.4 is 9.64 Å². The monoisotopic (exact) mass is 370 g/mol. The minimum absolute atomic E-state index is 0.00771. The lowest BCUT2D eigenvalue weighted by atomic mass is 10.2. The van der Waals surface area contributed by atoms with E-state index in [1.807, 2.05) is 55.5 Å². The summed E-state index contributed by atoms with van der Waals surface area (Å²) in [6.45, 7) is 3.43. The highest BCUT2D eigenvalue weighted by Gasteiger charge is 2.20. The van der Waals surface area contributed by atoms with Gasteiger partial charge in [0.1, 0.15) is 5.75 Å². The number of methoxy groups -OCH3 is 1. The summed E-state index contributed by atoms with van der Waals surface area (Å²) in [6.07, 6.45) is 0.333. The second-order valence-electron chi connectivity index (χ2n) is 5.74. The molecule has 0 saturated heterocycles. The second-order valence-corrected chi connectivity index (χ2v) is 6.75. The Morgan fingerprint density at radius 1 is 1.19 bits per heavy atom. The second kappa shape index (κ2) is 8.78. The highest BCUT2D eigenvalue weighted by atomic mass is 32.1. The molecule has 3 aromatic rings. The number of ether oxygens (including phenoxy) is 2. The average molecular weight is 370 g/mol. The Morgan fingerprint density at radius 2 is 2.00 bits per heavy atom. The standard InChI is InChI=1S/C20H22N2O3S/c1-3-25-12-11-19(23)22(14-15-7-5-4-6-8-15)20-21-17-10-9-16(24-2)13-18(17)26-20/h4-10,13H,3,11-12,14H2,1-2H3. The van der Waals surface area contributed by atoms with E-state index < -0.39 is 0 Å². The fourth-order valence-corrected chi connectivity index (χ4v) is 3.61. The van der Waals surface area contributed by atoms with E-state index in [-0.39, 0.29) is 5.91 Å². The summed E-state index contributed by atoms with van der Waals surface area (Å²) < 4.78 is 11.6. The lowest BCUT2D eigenvalue weighted by Gasteiger charge is -2.20. The Bertz CT molecular complexity index is 864. The zero-order valence-electron chi connectivity index (χ0n) is 15.0. The number of carbonyl (C=O) groups excluding carboxylic acids is 1. The molecule has 2 aromatic carbocycles. The number of rotatable bonds is 8. The molecule has 1 aromatic heterocycles. The fraction of sp³-hybridized carbons (Fsp3) is 0.300. The van der Waals surface area contributed by atoms with Crippen LogP contribution in [0.15, 0.2) is 48.5 Å². The number of hydrogen-bond donors (Lipinski definition) is 0. The van der Waals surface area contributed by atoms with Gasteiger partial charge >= 0.3 is 0 Å². The minimum Gasteiger partial charge on any atom is -0.497 e. The van der Waals surface area contributed by atoms with Crippen LogP contribution in [0.3, 0.4) is 0 Å². The number of fused-ring (bicyclic) bond motifs is 1. The van der Waals surface area contributed by atoms with Crippen molar-refractivity contribution >= 4 is 32.6 Å². The Hall–Kier alpha value is -2.44. The average Bonchev–Trinajstić information content (AvgIpc) is 3.09. The topological polar surface area (TPSA) is 51.7 Å². The molecule has 0 aliphatic carbocycles. The largest absolute Gasteiger partial charge is 0.497 e. The zero-order chi connectivity index (χ0) is 18.4. The van der Waals surface area contributed by atoms with Gasteiger partial charge in [0.05, 0.1) is 36.9 Å². The van der Waals surface area contributed by atoms with Crippen molar-refractivity contribution in [1.29, 1.82) is 0 Å². The number of thiazole rings is 1. The number of aromatic nitrogens is 1. The highest BCUT2D eigenvalue weighted by molar-refractivity contribution is 7.22. The van der Waals surface area contributed by atoms with Crippen LogP contribution in [0.4, 0.5) is 5.13 Å². The molecule has 1 heterocycles. The van der Waals surface area contributed by atoms with Crippen molar-refractivity contribution in [2.45, 2.75) is 19.9 Å². The van der Waals surface area contributed by atoms with Gasteiger partial charge in [-0.2, -0.15) is 0 Å². The molecule has 26 heavy (non-hydrogen) atoms. The molecule has 0 radical (unpaired) electrons. The summed E-state index contributed by atoms with van der Waals surface area (Å²) >= 11 is 1.49. The molecule has 136 valence electrons. The highest BCUT2D eigenvalue weighted by Crippen LogP contribution is 2.32. The first-order valence-corrected chi connectivity index (χ1v) is 9.39. The van der Waals surface area contributed by atoms with Gasteiger partial charge in [0, 0.05) is 6.61 Å². The molecule has 0 spiro atoms. The van der Waals surface area contributed by atoms with Gasteiger partial charge < -0.3 is 9.47 Å². The first-order valence-electron chi connectivity index (χ1n) is 8.58. The van der Waals surface area contributed by atoms with E-state index in [0.717, 1.165) is 21.5 Å². The van der Waals surface area contributed by atoms with Gasteiger partial charge in [0.2, 0.25) is 5.91 Å². The smallest absolute Gasteiger partial charge is 0.231 e. The Labute approximate surface area is 157 Å². The zero-order valence-corrected chi connectivity index (χ0v) is 15.8. The maximum Gasteiger partial charge on any atom is 0.231 e. The summed E-state index contributed by atoms with van der Waals surface area (Å²) in [5, 5.41) is 0.693. The molecule has 0 aliphatic heterocycles. The lowest BCUT2D eigenvalue weighted by molar-refractivity contribution is -0.119. The van der Waals surface area contributed by atoms with Crippen molar-refractivity contribution in [3.63, 3.8) is 0 Å². The van der Waals surface area contributed by atoms with Crippen LogP contribution in [0.2, 0.25) is 0 Å². The molecule has 5 nitrogen and oxygen atoms in total. The molecule has 0 aliphatic rings. The number of nitrogens with zero attached hydrogens (tertiary/aromatic N) is 2. The molecule has 0 fully saturated rings. The van der Waals surface area contributed by atoms with E-state index in [1.54, 1.807) is 12.0 Å². The minimum atomic E-state index is 0.00771.